The summed E-state index contributed by atoms with van der Waals surface area (Å²) >= 11 is 0. The molecular weight excluding hydrogens is 90.1 g/mol. The first-order chi connectivity index (χ1) is 3.35. The van der Waals surface area contributed by atoms with Gasteiger partial charge in [-0.05, 0) is 12.8 Å². The first-order valence-electron chi connectivity index (χ1n) is 2.50. The quantitative estimate of drug-likeness (QED) is 0.537. The lowest BCUT2D eigenvalue weighted by atomic mass is 10.2. The molecule has 0 heterocycles. The molecule has 2 N–H and O–H groups in total. The highest BCUT2D eigenvalue weighted by Gasteiger charge is 1.97. The van der Waals surface area contributed by atoms with Gasteiger partial charge in [-0.1, -0.05) is 13.8 Å². The van der Waals surface area contributed by atoms with Crippen LogP contribution in [0.25, 0.3) is 0 Å². The summed E-state index contributed by atoms with van der Waals surface area (Å²) in [7, 11) is 0. The molecule has 0 aromatic rings. The Balaban J connectivity index is 2.99. The molecule has 0 aromatic heterocycles. The first kappa shape index (κ1) is 6.92. The van der Waals surface area contributed by atoms with E-state index in [0.29, 0.717) is 0 Å². The van der Waals surface area contributed by atoms with Crippen molar-refractivity contribution in [2.24, 2.45) is 5.90 Å². The summed E-state index contributed by atoms with van der Waals surface area (Å²) in [6.07, 6.45) is 1.85. The molecule has 0 aliphatic carbocycles. The van der Waals surface area contributed by atoms with Gasteiger partial charge in [0.1, 0.15) is 0 Å². The molecule has 0 saturated heterocycles. The summed E-state index contributed by atoms with van der Waals surface area (Å²) in [6.45, 7) is 5.64. The van der Waals surface area contributed by atoms with E-state index in [1.807, 2.05) is 6.92 Å². The Hall–Kier alpha value is -0.0800. The van der Waals surface area contributed by atoms with Crippen LogP contribution in [0.2, 0.25) is 0 Å². The van der Waals surface area contributed by atoms with Gasteiger partial charge >= 0.3 is 0 Å². The maximum Gasteiger partial charge on any atom is 0.0784 e. The molecule has 1 unspecified atom stereocenters. The van der Waals surface area contributed by atoms with Gasteiger partial charge in [-0.2, -0.15) is 0 Å². The highest BCUT2D eigenvalue weighted by molar-refractivity contribution is 4.53. The van der Waals surface area contributed by atoms with Crippen LogP contribution in [-0.4, -0.2) is 6.10 Å². The minimum absolute atomic E-state index is 0.153. The van der Waals surface area contributed by atoms with E-state index in [0.717, 1.165) is 12.8 Å². The summed E-state index contributed by atoms with van der Waals surface area (Å²) in [5.41, 5.74) is 0. The van der Waals surface area contributed by atoms with Crippen molar-refractivity contribution in [3.63, 3.8) is 0 Å². The maximum absolute atomic E-state index is 4.85. The van der Waals surface area contributed by atoms with Crippen molar-refractivity contribution in [2.75, 3.05) is 0 Å². The van der Waals surface area contributed by atoms with Crippen LogP contribution in [0.5, 0.6) is 0 Å². The van der Waals surface area contributed by atoms with Crippen molar-refractivity contribution in [3.05, 3.63) is 6.92 Å². The third-order valence-corrected chi connectivity index (χ3v) is 0.970. The molecule has 0 spiro atoms. The Labute approximate surface area is 44.6 Å². The number of hydrogen-bond acceptors (Lipinski definition) is 2. The SMILES string of the molecule is [CH2]CC(CC)ON. The summed E-state index contributed by atoms with van der Waals surface area (Å²) in [5, 5.41) is 0. The van der Waals surface area contributed by atoms with Crippen molar-refractivity contribution < 1.29 is 4.84 Å². The van der Waals surface area contributed by atoms with Gasteiger partial charge in [0, 0.05) is 0 Å². The molecule has 1 radical (unpaired) electrons. The molecule has 0 rings (SSSR count). The molecular formula is C5H12NO. The summed E-state index contributed by atoms with van der Waals surface area (Å²) < 4.78 is 0. The second-order valence-corrected chi connectivity index (χ2v) is 1.46. The molecule has 0 aliphatic rings. The van der Waals surface area contributed by atoms with E-state index < -0.39 is 0 Å². The van der Waals surface area contributed by atoms with Crippen LogP contribution >= 0.6 is 0 Å². The van der Waals surface area contributed by atoms with E-state index in [2.05, 4.69) is 11.8 Å². The van der Waals surface area contributed by atoms with Crippen LogP contribution in [0.1, 0.15) is 19.8 Å². The normalized spacial score (nSPS) is 10.3. The van der Waals surface area contributed by atoms with Crippen LogP contribution in [-0.2, 0) is 4.84 Å². The molecule has 2 heteroatoms. The lowest BCUT2D eigenvalue weighted by Crippen LogP contribution is -2.14. The summed E-state index contributed by atoms with van der Waals surface area (Å²) in [6, 6.07) is 0. The second kappa shape index (κ2) is 4.09. The lowest BCUT2D eigenvalue weighted by Gasteiger charge is -2.05. The predicted molar refractivity (Wildman–Crippen MR) is 29.3 cm³/mol. The largest absolute Gasteiger partial charge is 0.301 e. The second-order valence-electron chi connectivity index (χ2n) is 1.46. The third kappa shape index (κ3) is 2.60. The molecule has 0 bridgehead atoms. The van der Waals surface area contributed by atoms with E-state index >= 15 is 0 Å². The van der Waals surface area contributed by atoms with Crippen LogP contribution in [0, 0.1) is 6.92 Å². The zero-order valence-corrected chi connectivity index (χ0v) is 4.68. The highest BCUT2D eigenvalue weighted by atomic mass is 16.6. The van der Waals surface area contributed by atoms with Crippen LogP contribution in [0.4, 0.5) is 0 Å². The van der Waals surface area contributed by atoms with Gasteiger partial charge in [0.05, 0.1) is 6.10 Å². The summed E-state index contributed by atoms with van der Waals surface area (Å²) in [5.74, 6) is 4.85. The highest BCUT2D eigenvalue weighted by Crippen LogP contribution is 1.96. The minimum atomic E-state index is 0.153. The zero-order chi connectivity index (χ0) is 5.70. The van der Waals surface area contributed by atoms with E-state index in [1.54, 1.807) is 0 Å². The van der Waals surface area contributed by atoms with Crippen molar-refractivity contribution in [1.29, 1.82) is 0 Å². The number of hydrogen-bond donors (Lipinski definition) is 1. The average Bonchev–Trinajstić information content (AvgIpc) is 1.72. The maximum atomic E-state index is 4.85. The molecule has 7 heavy (non-hydrogen) atoms. The number of rotatable bonds is 3. The van der Waals surface area contributed by atoms with Crippen molar-refractivity contribution in [2.45, 2.75) is 25.9 Å². The van der Waals surface area contributed by atoms with Crippen molar-refractivity contribution >= 4 is 0 Å². The van der Waals surface area contributed by atoms with E-state index in [-0.39, 0.29) is 6.10 Å². The Morgan fingerprint density at radius 3 is 2.43 bits per heavy atom. The Morgan fingerprint density at radius 2 is 2.43 bits per heavy atom. The molecule has 0 amide bonds. The smallest absolute Gasteiger partial charge is 0.0784 e. The van der Waals surface area contributed by atoms with Gasteiger partial charge in [0.25, 0.3) is 0 Å². The fraction of sp³-hybridized carbons (Fsp3) is 0.800. The van der Waals surface area contributed by atoms with E-state index in [9.17, 15) is 0 Å². The molecule has 43 valence electrons. The van der Waals surface area contributed by atoms with Gasteiger partial charge in [0.2, 0.25) is 0 Å². The molecule has 0 fully saturated rings. The van der Waals surface area contributed by atoms with Gasteiger partial charge in [0.15, 0.2) is 0 Å². The van der Waals surface area contributed by atoms with Gasteiger partial charge in [-0.15, -0.1) is 0 Å². The van der Waals surface area contributed by atoms with Crippen LogP contribution in [0.15, 0.2) is 0 Å². The molecule has 2 nitrogen and oxygen atoms in total. The minimum Gasteiger partial charge on any atom is -0.301 e. The molecule has 0 saturated carbocycles. The Kier molecular flexibility index (Phi) is 4.04. The third-order valence-electron chi connectivity index (χ3n) is 0.970. The first-order valence-corrected chi connectivity index (χ1v) is 2.50. The molecule has 0 aliphatic heterocycles. The fourth-order valence-corrected chi connectivity index (χ4v) is 0.368. The van der Waals surface area contributed by atoms with Crippen LogP contribution in [0.3, 0.4) is 0 Å². The predicted octanol–water partition coefficient (Wildman–Crippen LogP) is 0.879. The Bertz CT molecular complexity index is 29.6. The van der Waals surface area contributed by atoms with Gasteiger partial charge in [-0.3, -0.25) is 0 Å². The fourth-order valence-electron chi connectivity index (χ4n) is 0.368. The van der Waals surface area contributed by atoms with Gasteiger partial charge < -0.3 is 4.84 Å². The molecule has 0 aromatic carbocycles. The average molecular weight is 102 g/mol. The summed E-state index contributed by atoms with van der Waals surface area (Å²) in [4.78, 5) is 4.49. The van der Waals surface area contributed by atoms with Gasteiger partial charge in [-0.25, -0.2) is 5.90 Å². The van der Waals surface area contributed by atoms with Crippen molar-refractivity contribution in [1.82, 2.24) is 0 Å². The number of nitrogens with two attached hydrogens (primary N) is 1. The molecule has 1 atom stereocenters. The zero-order valence-electron chi connectivity index (χ0n) is 4.68. The Morgan fingerprint density at radius 1 is 1.86 bits per heavy atom. The monoisotopic (exact) mass is 102 g/mol. The van der Waals surface area contributed by atoms with Crippen LogP contribution < -0.4 is 5.90 Å². The standard InChI is InChI=1S/C5H12NO/c1-3-5(4-2)7-6/h5H,1,3-4,6H2,2H3. The van der Waals surface area contributed by atoms with E-state index in [1.165, 1.54) is 0 Å². The lowest BCUT2D eigenvalue weighted by molar-refractivity contribution is 0.0525. The van der Waals surface area contributed by atoms with Crippen molar-refractivity contribution in [3.8, 4) is 0 Å². The van der Waals surface area contributed by atoms with E-state index in [4.69, 9.17) is 5.90 Å². The topological polar surface area (TPSA) is 35.2 Å².